The molecule has 1 aromatic carbocycles. The van der Waals surface area contributed by atoms with E-state index in [1.54, 1.807) is 18.4 Å². The number of carboxylic acids is 1. The van der Waals surface area contributed by atoms with Crippen LogP contribution in [0.1, 0.15) is 16.1 Å². The van der Waals surface area contributed by atoms with Gasteiger partial charge in [0.05, 0.1) is 22.2 Å². The van der Waals surface area contributed by atoms with Gasteiger partial charge in [-0.3, -0.25) is 0 Å². The molecule has 2 heterocycles. The number of hydrogen-bond acceptors (Lipinski definition) is 3. The summed E-state index contributed by atoms with van der Waals surface area (Å²) >= 11 is 0. The summed E-state index contributed by atoms with van der Waals surface area (Å²) in [7, 11) is 0. The number of fused-ring (bicyclic) bond motifs is 1. The Kier molecular flexibility index (Phi) is 2.19. The maximum atomic E-state index is 10.9. The van der Waals surface area contributed by atoms with Gasteiger partial charge >= 0.3 is 5.97 Å². The summed E-state index contributed by atoms with van der Waals surface area (Å²) in [5.41, 5.74) is 2.51. The minimum absolute atomic E-state index is 0.237. The third-order valence-corrected chi connectivity index (χ3v) is 2.73. The van der Waals surface area contributed by atoms with Crippen molar-refractivity contribution in [3.8, 4) is 11.4 Å². The van der Waals surface area contributed by atoms with E-state index in [0.29, 0.717) is 11.3 Å². The summed E-state index contributed by atoms with van der Waals surface area (Å²) in [4.78, 5) is 18.3. The molecule has 5 nitrogen and oxygen atoms in total. The van der Waals surface area contributed by atoms with E-state index in [9.17, 15) is 4.79 Å². The Morgan fingerprint density at radius 2 is 2.22 bits per heavy atom. The molecule has 90 valence electrons. The molecule has 0 aliphatic carbocycles. The molecule has 0 unspecified atom stereocenters. The zero-order valence-electron chi connectivity index (χ0n) is 9.60. The fourth-order valence-corrected chi connectivity index (χ4v) is 1.85. The number of nitrogens with zero attached hydrogens (tertiary/aromatic N) is 1. The van der Waals surface area contributed by atoms with E-state index in [2.05, 4.69) is 9.97 Å². The number of hydrogen-bond donors (Lipinski definition) is 2. The lowest BCUT2D eigenvalue weighted by molar-refractivity contribution is 0.0697. The van der Waals surface area contributed by atoms with E-state index in [-0.39, 0.29) is 5.56 Å². The van der Waals surface area contributed by atoms with E-state index in [1.807, 2.05) is 13.0 Å². The van der Waals surface area contributed by atoms with Crippen LogP contribution in [0.4, 0.5) is 0 Å². The van der Waals surface area contributed by atoms with Gasteiger partial charge in [0, 0.05) is 0 Å². The third-order valence-electron chi connectivity index (χ3n) is 2.73. The van der Waals surface area contributed by atoms with Crippen molar-refractivity contribution in [2.45, 2.75) is 6.92 Å². The first kappa shape index (κ1) is 10.6. The molecule has 0 aliphatic rings. The molecular formula is C13H10N2O3. The van der Waals surface area contributed by atoms with Crippen molar-refractivity contribution >= 4 is 17.0 Å². The largest absolute Gasteiger partial charge is 0.478 e. The molecule has 0 atom stereocenters. The van der Waals surface area contributed by atoms with Crippen LogP contribution in [0.5, 0.6) is 0 Å². The number of aromatic carboxylic acids is 1. The fourth-order valence-electron chi connectivity index (χ4n) is 1.85. The van der Waals surface area contributed by atoms with Crippen LogP contribution in [0.25, 0.3) is 22.4 Å². The Bertz CT molecular complexity index is 740. The van der Waals surface area contributed by atoms with Crippen molar-refractivity contribution < 1.29 is 14.3 Å². The van der Waals surface area contributed by atoms with Crippen LogP contribution in [-0.2, 0) is 0 Å². The van der Waals surface area contributed by atoms with Crippen LogP contribution in [-0.4, -0.2) is 21.0 Å². The summed E-state index contributed by atoms with van der Waals surface area (Å²) in [6.07, 6.45) is 1.62. The Hall–Kier alpha value is -2.56. The van der Waals surface area contributed by atoms with Crippen molar-refractivity contribution in [3.05, 3.63) is 41.9 Å². The van der Waals surface area contributed by atoms with E-state index in [0.717, 1.165) is 16.8 Å². The van der Waals surface area contributed by atoms with Gasteiger partial charge in [0.1, 0.15) is 17.8 Å². The lowest BCUT2D eigenvalue weighted by Gasteiger charge is -1.92. The maximum Gasteiger partial charge on any atom is 0.335 e. The van der Waals surface area contributed by atoms with E-state index in [1.165, 1.54) is 6.07 Å². The Morgan fingerprint density at radius 1 is 1.39 bits per heavy atom. The number of benzene rings is 1. The van der Waals surface area contributed by atoms with Crippen LogP contribution in [0, 0.1) is 6.92 Å². The average molecular weight is 242 g/mol. The molecule has 0 bridgehead atoms. The van der Waals surface area contributed by atoms with Crippen molar-refractivity contribution in [3.63, 3.8) is 0 Å². The van der Waals surface area contributed by atoms with E-state index < -0.39 is 5.97 Å². The molecular weight excluding hydrogens is 232 g/mol. The average Bonchev–Trinajstić information content (AvgIpc) is 2.93. The number of furan rings is 1. The second-order valence-corrected chi connectivity index (χ2v) is 4.07. The number of aromatic nitrogens is 2. The molecule has 0 saturated carbocycles. The van der Waals surface area contributed by atoms with Gasteiger partial charge < -0.3 is 14.5 Å². The molecule has 0 fully saturated rings. The molecule has 0 spiro atoms. The smallest absolute Gasteiger partial charge is 0.335 e. The Morgan fingerprint density at radius 3 is 2.89 bits per heavy atom. The number of carbonyl (C=O) groups is 1. The van der Waals surface area contributed by atoms with Gasteiger partial charge in [-0.05, 0) is 31.2 Å². The van der Waals surface area contributed by atoms with Crippen molar-refractivity contribution in [2.75, 3.05) is 0 Å². The number of rotatable bonds is 2. The van der Waals surface area contributed by atoms with Crippen molar-refractivity contribution in [1.29, 1.82) is 0 Å². The summed E-state index contributed by atoms with van der Waals surface area (Å²) in [6, 6.07) is 6.67. The van der Waals surface area contributed by atoms with Crippen LogP contribution in [0.15, 0.2) is 34.9 Å². The first-order valence-corrected chi connectivity index (χ1v) is 5.42. The quantitative estimate of drug-likeness (QED) is 0.724. The maximum absolute atomic E-state index is 10.9. The van der Waals surface area contributed by atoms with Gasteiger partial charge in [-0.25, -0.2) is 9.78 Å². The first-order valence-electron chi connectivity index (χ1n) is 5.42. The van der Waals surface area contributed by atoms with Gasteiger partial charge in [0.15, 0.2) is 0 Å². The summed E-state index contributed by atoms with van der Waals surface area (Å²) < 4.78 is 5.22. The molecule has 0 saturated heterocycles. The molecule has 0 radical (unpaired) electrons. The highest BCUT2D eigenvalue weighted by Gasteiger charge is 2.10. The Labute approximate surface area is 102 Å². The second kappa shape index (κ2) is 3.73. The molecule has 2 aromatic heterocycles. The molecule has 5 heteroatoms. The van der Waals surface area contributed by atoms with Crippen molar-refractivity contribution in [1.82, 2.24) is 9.97 Å². The highest BCUT2D eigenvalue weighted by atomic mass is 16.4. The molecule has 2 N–H and O–H groups in total. The first-order chi connectivity index (χ1) is 8.63. The summed E-state index contributed by atoms with van der Waals surface area (Å²) in [6.45, 7) is 1.86. The lowest BCUT2D eigenvalue weighted by atomic mass is 10.2. The molecule has 3 rings (SSSR count). The molecule has 0 amide bonds. The van der Waals surface area contributed by atoms with Gasteiger partial charge in [-0.1, -0.05) is 0 Å². The second-order valence-electron chi connectivity index (χ2n) is 4.07. The van der Waals surface area contributed by atoms with Crippen molar-refractivity contribution in [2.24, 2.45) is 0 Å². The number of carboxylic acid groups (broad SMARTS) is 1. The highest BCUT2D eigenvalue weighted by Crippen LogP contribution is 2.22. The van der Waals surface area contributed by atoms with Gasteiger partial charge in [-0.2, -0.15) is 0 Å². The highest BCUT2D eigenvalue weighted by molar-refractivity contribution is 5.92. The number of H-pyrrole nitrogens is 1. The zero-order chi connectivity index (χ0) is 12.7. The van der Waals surface area contributed by atoms with Crippen LogP contribution >= 0.6 is 0 Å². The van der Waals surface area contributed by atoms with E-state index in [4.69, 9.17) is 9.52 Å². The lowest BCUT2D eigenvalue weighted by Crippen LogP contribution is -1.94. The predicted octanol–water partition coefficient (Wildman–Crippen LogP) is 2.83. The third kappa shape index (κ3) is 1.66. The number of imidazole rings is 1. The van der Waals surface area contributed by atoms with Gasteiger partial charge in [0.25, 0.3) is 0 Å². The standard InChI is InChI=1S/C13H10N2O3/c1-7-4-9(6-18-7)12-14-10-3-2-8(13(16)17)5-11(10)15-12/h2-6H,1H3,(H,14,15)(H,16,17). The van der Waals surface area contributed by atoms with Crippen LogP contribution in [0.3, 0.4) is 0 Å². The monoisotopic (exact) mass is 242 g/mol. The normalized spacial score (nSPS) is 10.9. The number of nitrogens with one attached hydrogen (secondary N) is 1. The predicted molar refractivity (Wildman–Crippen MR) is 65.5 cm³/mol. The van der Waals surface area contributed by atoms with Crippen LogP contribution < -0.4 is 0 Å². The minimum atomic E-state index is -0.952. The SMILES string of the molecule is Cc1cc(-c2nc3ccc(C(=O)O)cc3[nH]2)co1. The van der Waals surface area contributed by atoms with Gasteiger partial charge in [-0.15, -0.1) is 0 Å². The van der Waals surface area contributed by atoms with Gasteiger partial charge in [0.2, 0.25) is 0 Å². The molecule has 0 aliphatic heterocycles. The van der Waals surface area contributed by atoms with Crippen LogP contribution in [0.2, 0.25) is 0 Å². The molecule has 3 aromatic rings. The minimum Gasteiger partial charge on any atom is -0.478 e. The number of aryl methyl sites for hydroxylation is 1. The summed E-state index contributed by atoms with van der Waals surface area (Å²) in [5.74, 6) is 0.522. The number of aromatic amines is 1. The zero-order valence-corrected chi connectivity index (χ0v) is 9.60. The molecule has 18 heavy (non-hydrogen) atoms. The Balaban J connectivity index is 2.13. The topological polar surface area (TPSA) is 79.1 Å². The van der Waals surface area contributed by atoms with E-state index >= 15 is 0 Å². The summed E-state index contributed by atoms with van der Waals surface area (Å²) in [5, 5.41) is 8.92. The fraction of sp³-hybridized carbons (Fsp3) is 0.0769.